The van der Waals surface area contributed by atoms with Gasteiger partial charge in [-0.3, -0.25) is 4.79 Å². The van der Waals surface area contributed by atoms with Gasteiger partial charge in [0, 0.05) is 44.1 Å². The first kappa shape index (κ1) is 25.9. The summed E-state index contributed by atoms with van der Waals surface area (Å²) in [6.07, 6.45) is -6.41. The molecule has 5 N–H and O–H groups in total. The fourth-order valence-electron chi connectivity index (χ4n) is 2.76. The molecule has 1 aromatic carbocycles. The average Bonchev–Trinajstić information content (AvgIpc) is 2.72. The number of hydrogen-bond acceptors (Lipinski definition) is 7. The number of rotatable bonds is 13. The number of aliphatic hydroxyl groups excluding tert-OH is 5. The summed E-state index contributed by atoms with van der Waals surface area (Å²) in [6, 6.07) is 7.41. The summed E-state index contributed by atoms with van der Waals surface area (Å²) in [5, 5.41) is 47.6. The van der Waals surface area contributed by atoms with Crippen LogP contribution in [-0.2, 0) is 11.2 Å². The zero-order valence-electron chi connectivity index (χ0n) is 16.4. The number of carbonyl (C=O) groups is 1. The van der Waals surface area contributed by atoms with Gasteiger partial charge in [0.25, 0.3) is 0 Å². The van der Waals surface area contributed by atoms with E-state index in [2.05, 4.69) is 0 Å². The lowest BCUT2D eigenvalue weighted by atomic mass is 10.0. The molecule has 0 heterocycles. The van der Waals surface area contributed by atoms with E-state index in [4.69, 9.17) is 28.3 Å². The highest BCUT2D eigenvalue weighted by Crippen LogP contribution is 2.16. The Morgan fingerprint density at radius 2 is 1.48 bits per heavy atom. The molecule has 8 nitrogen and oxygen atoms in total. The third-order valence-corrected chi connectivity index (χ3v) is 4.92. The van der Waals surface area contributed by atoms with Gasteiger partial charge in [-0.2, -0.15) is 0 Å². The van der Waals surface area contributed by atoms with Crippen LogP contribution in [0.1, 0.15) is 5.56 Å². The number of halogens is 2. The van der Waals surface area contributed by atoms with Crippen molar-refractivity contribution in [3.8, 4) is 0 Å². The van der Waals surface area contributed by atoms with Crippen LogP contribution < -0.4 is 4.90 Å². The topological polar surface area (TPSA) is 125 Å². The van der Waals surface area contributed by atoms with E-state index in [0.717, 1.165) is 11.3 Å². The van der Waals surface area contributed by atoms with Crippen molar-refractivity contribution >= 4 is 34.8 Å². The van der Waals surface area contributed by atoms with Crippen molar-refractivity contribution in [3.63, 3.8) is 0 Å². The van der Waals surface area contributed by atoms with Gasteiger partial charge in [0.1, 0.15) is 24.4 Å². The van der Waals surface area contributed by atoms with Gasteiger partial charge in [0.2, 0.25) is 5.91 Å². The van der Waals surface area contributed by atoms with Crippen LogP contribution in [0.5, 0.6) is 0 Å². The summed E-state index contributed by atoms with van der Waals surface area (Å²) >= 11 is 11.6. The van der Waals surface area contributed by atoms with E-state index in [0.29, 0.717) is 24.8 Å². The molecule has 1 rings (SSSR count). The van der Waals surface area contributed by atoms with Crippen molar-refractivity contribution in [2.45, 2.75) is 30.8 Å². The number of likely N-dealkylation sites (N-methyl/N-ethyl adjacent to an activating group) is 1. The van der Waals surface area contributed by atoms with E-state index in [1.165, 1.54) is 11.9 Å². The van der Waals surface area contributed by atoms with Crippen LogP contribution in [-0.4, -0.2) is 106 Å². The van der Waals surface area contributed by atoms with Gasteiger partial charge < -0.3 is 35.3 Å². The van der Waals surface area contributed by atoms with Crippen LogP contribution >= 0.6 is 23.2 Å². The predicted molar refractivity (Wildman–Crippen MR) is 113 cm³/mol. The molecule has 10 heteroatoms. The van der Waals surface area contributed by atoms with Gasteiger partial charge >= 0.3 is 0 Å². The smallest absolute Gasteiger partial charge is 0.226 e. The Balaban J connectivity index is 2.64. The molecule has 0 saturated carbocycles. The minimum absolute atomic E-state index is 0.0897. The maximum absolute atomic E-state index is 12.4. The monoisotopic (exact) mass is 452 g/mol. The van der Waals surface area contributed by atoms with Crippen molar-refractivity contribution in [3.05, 3.63) is 29.8 Å². The minimum Gasteiger partial charge on any atom is -0.394 e. The molecule has 0 bridgehead atoms. The summed E-state index contributed by atoms with van der Waals surface area (Å²) < 4.78 is 0. The number of amides is 1. The quantitative estimate of drug-likeness (QED) is 0.253. The number of carbonyl (C=O) groups excluding carboxylic acids is 1. The van der Waals surface area contributed by atoms with E-state index in [-0.39, 0.29) is 18.9 Å². The lowest BCUT2D eigenvalue weighted by Gasteiger charge is -2.28. The van der Waals surface area contributed by atoms with Crippen molar-refractivity contribution < 1.29 is 30.3 Å². The second kappa shape index (κ2) is 13.2. The Hall–Kier alpha value is -1.13. The molecule has 0 unspecified atom stereocenters. The summed E-state index contributed by atoms with van der Waals surface area (Å²) in [5.41, 5.74) is 1.72. The summed E-state index contributed by atoms with van der Waals surface area (Å²) in [4.78, 5) is 15.7. The molecule has 166 valence electrons. The average molecular weight is 453 g/mol. The first-order chi connectivity index (χ1) is 13.7. The van der Waals surface area contributed by atoms with E-state index >= 15 is 0 Å². The van der Waals surface area contributed by atoms with E-state index in [1.807, 2.05) is 29.2 Å². The van der Waals surface area contributed by atoms with E-state index < -0.39 is 31.0 Å². The van der Waals surface area contributed by atoms with Gasteiger partial charge in [0.05, 0.1) is 13.0 Å². The highest BCUT2D eigenvalue weighted by atomic mass is 35.5. The molecule has 0 aliphatic heterocycles. The maximum atomic E-state index is 12.4. The molecule has 0 radical (unpaired) electrons. The van der Waals surface area contributed by atoms with E-state index in [1.54, 1.807) is 0 Å². The van der Waals surface area contributed by atoms with Gasteiger partial charge in [-0.05, 0) is 17.7 Å². The Morgan fingerprint density at radius 1 is 0.966 bits per heavy atom. The Kier molecular flexibility index (Phi) is 11.8. The Bertz CT molecular complexity index is 601. The highest BCUT2D eigenvalue weighted by molar-refractivity contribution is 6.18. The molecule has 0 aliphatic rings. The second-order valence-electron chi connectivity index (χ2n) is 6.78. The second-order valence-corrected chi connectivity index (χ2v) is 7.54. The van der Waals surface area contributed by atoms with Gasteiger partial charge in [-0.1, -0.05) is 12.1 Å². The Labute approximate surface area is 180 Å². The van der Waals surface area contributed by atoms with Crippen molar-refractivity contribution in [1.82, 2.24) is 4.90 Å². The number of benzene rings is 1. The molecule has 29 heavy (non-hydrogen) atoms. The largest absolute Gasteiger partial charge is 0.394 e. The van der Waals surface area contributed by atoms with E-state index in [9.17, 15) is 25.2 Å². The molecule has 4 atom stereocenters. The van der Waals surface area contributed by atoms with Crippen molar-refractivity contribution in [2.75, 3.05) is 49.9 Å². The van der Waals surface area contributed by atoms with Gasteiger partial charge in [-0.15, -0.1) is 23.2 Å². The molecule has 0 saturated heterocycles. The number of aliphatic hydroxyl groups is 5. The number of anilines is 1. The third-order valence-electron chi connectivity index (χ3n) is 4.58. The highest BCUT2D eigenvalue weighted by Gasteiger charge is 2.31. The fourth-order valence-corrected chi connectivity index (χ4v) is 3.17. The molecule has 0 fully saturated rings. The zero-order chi connectivity index (χ0) is 22.0. The summed E-state index contributed by atoms with van der Waals surface area (Å²) in [5.74, 6) is 0.653. The van der Waals surface area contributed by atoms with Crippen LogP contribution in [0.25, 0.3) is 0 Å². The van der Waals surface area contributed by atoms with Crippen LogP contribution in [0.15, 0.2) is 24.3 Å². The number of nitrogens with zero attached hydrogens (tertiary/aromatic N) is 2. The van der Waals surface area contributed by atoms with Gasteiger partial charge in [-0.25, -0.2) is 0 Å². The van der Waals surface area contributed by atoms with Crippen LogP contribution in [0.4, 0.5) is 5.69 Å². The van der Waals surface area contributed by atoms with Crippen molar-refractivity contribution in [2.24, 2.45) is 0 Å². The maximum Gasteiger partial charge on any atom is 0.226 e. The lowest BCUT2D eigenvalue weighted by Crippen LogP contribution is -2.50. The standard InChI is InChI=1S/C19H30Cl2N2O6/c1-22(11-15(25)18(28)19(29)16(26)12-24)17(27)10-13-2-4-14(5-3-13)23(8-6-20)9-7-21/h2-5,15-16,18-19,24-26,28-29H,6-12H2,1H3/t15-,16+,18-,19+/m0/s1. The number of alkyl halides is 2. The normalized spacial score (nSPS) is 15.4. The third kappa shape index (κ3) is 8.25. The SMILES string of the molecule is CN(C[C@H](O)[C@H](O)[C@H](O)[C@H](O)CO)C(=O)Cc1ccc(N(CCCl)CCCl)cc1. The molecule has 1 aromatic rings. The molecule has 0 aromatic heterocycles. The first-order valence-electron chi connectivity index (χ1n) is 9.28. The van der Waals surface area contributed by atoms with Crippen LogP contribution in [0.2, 0.25) is 0 Å². The fraction of sp³-hybridized carbons (Fsp3) is 0.632. The summed E-state index contributed by atoms with van der Waals surface area (Å²) in [6.45, 7) is 0.314. The molecule has 0 aliphatic carbocycles. The molecule has 1 amide bonds. The summed E-state index contributed by atoms with van der Waals surface area (Å²) in [7, 11) is 1.46. The zero-order valence-corrected chi connectivity index (χ0v) is 17.9. The van der Waals surface area contributed by atoms with Crippen LogP contribution in [0, 0.1) is 0 Å². The molecular formula is C19H30Cl2N2O6. The number of hydrogen-bond donors (Lipinski definition) is 5. The molecular weight excluding hydrogens is 423 g/mol. The predicted octanol–water partition coefficient (Wildman–Crippen LogP) is -0.593. The first-order valence-corrected chi connectivity index (χ1v) is 10.3. The Morgan fingerprint density at radius 3 is 1.97 bits per heavy atom. The van der Waals surface area contributed by atoms with Gasteiger partial charge in [0.15, 0.2) is 0 Å². The van der Waals surface area contributed by atoms with Crippen molar-refractivity contribution in [1.29, 1.82) is 0 Å². The molecule has 0 spiro atoms. The minimum atomic E-state index is -1.73. The van der Waals surface area contributed by atoms with Crippen LogP contribution in [0.3, 0.4) is 0 Å². The lowest BCUT2D eigenvalue weighted by molar-refractivity contribution is -0.137.